The number of carbonyl (C=O) groups is 2. The largest absolute Gasteiger partial charge is 0.450 e. The predicted octanol–water partition coefficient (Wildman–Crippen LogP) is 4.21. The first-order valence-electron chi connectivity index (χ1n) is 10.2. The lowest BCUT2D eigenvalue weighted by atomic mass is 10.0. The van der Waals surface area contributed by atoms with Crippen LogP contribution in [0, 0.1) is 6.92 Å². The second kappa shape index (κ2) is 9.96. The van der Waals surface area contributed by atoms with Crippen LogP contribution in [0.4, 0.5) is 16.2 Å². The number of piperidine rings is 1. The first-order chi connectivity index (χ1) is 14.0. The van der Waals surface area contributed by atoms with Crippen molar-refractivity contribution in [3.05, 3.63) is 59.7 Å². The van der Waals surface area contributed by atoms with Crippen LogP contribution in [0.2, 0.25) is 0 Å². The normalized spacial score (nSPS) is 14.3. The molecule has 0 bridgehead atoms. The van der Waals surface area contributed by atoms with Crippen LogP contribution in [-0.2, 0) is 16.0 Å². The Morgan fingerprint density at radius 3 is 2.24 bits per heavy atom. The molecule has 0 aliphatic carbocycles. The Balaban J connectivity index is 1.45. The fourth-order valence-corrected chi connectivity index (χ4v) is 3.40. The Hall–Kier alpha value is -3.02. The number of rotatable bonds is 6. The number of nitrogens with one attached hydrogen (secondary N) is 2. The average molecular weight is 396 g/mol. The third kappa shape index (κ3) is 6.24. The van der Waals surface area contributed by atoms with Crippen LogP contribution in [0.25, 0.3) is 0 Å². The average Bonchev–Trinajstić information content (AvgIpc) is 2.72. The maximum Gasteiger partial charge on any atom is 0.409 e. The van der Waals surface area contributed by atoms with E-state index in [1.807, 2.05) is 62.4 Å². The molecule has 1 aliphatic heterocycles. The lowest BCUT2D eigenvalue weighted by Crippen LogP contribution is -2.42. The van der Waals surface area contributed by atoms with Gasteiger partial charge in [-0.15, -0.1) is 0 Å². The molecule has 1 fully saturated rings. The van der Waals surface area contributed by atoms with E-state index in [4.69, 9.17) is 4.74 Å². The smallest absolute Gasteiger partial charge is 0.409 e. The first-order valence-corrected chi connectivity index (χ1v) is 10.2. The van der Waals surface area contributed by atoms with Gasteiger partial charge in [-0.25, -0.2) is 4.79 Å². The molecule has 0 unspecified atom stereocenters. The minimum Gasteiger partial charge on any atom is -0.450 e. The van der Waals surface area contributed by atoms with Crippen LogP contribution < -0.4 is 10.6 Å². The van der Waals surface area contributed by atoms with Crippen LogP contribution in [0.15, 0.2) is 48.5 Å². The second-order valence-corrected chi connectivity index (χ2v) is 7.39. The number of amides is 2. The molecule has 1 aliphatic rings. The van der Waals surface area contributed by atoms with Crippen LogP contribution >= 0.6 is 0 Å². The van der Waals surface area contributed by atoms with Gasteiger partial charge in [-0.2, -0.15) is 0 Å². The molecule has 0 spiro atoms. The second-order valence-electron chi connectivity index (χ2n) is 7.39. The summed E-state index contributed by atoms with van der Waals surface area (Å²) in [6, 6.07) is 16.1. The molecule has 6 heteroatoms. The van der Waals surface area contributed by atoms with E-state index in [0.29, 0.717) is 32.2 Å². The maximum absolute atomic E-state index is 12.2. The van der Waals surface area contributed by atoms with Gasteiger partial charge in [0.15, 0.2) is 0 Å². The van der Waals surface area contributed by atoms with Crippen LogP contribution in [-0.4, -0.2) is 42.6 Å². The van der Waals surface area contributed by atoms with Gasteiger partial charge in [-0.3, -0.25) is 4.79 Å². The minimum atomic E-state index is -0.225. The fourth-order valence-electron chi connectivity index (χ4n) is 3.40. The topological polar surface area (TPSA) is 70.7 Å². The molecule has 29 heavy (non-hydrogen) atoms. The van der Waals surface area contributed by atoms with Crippen LogP contribution in [0.5, 0.6) is 0 Å². The predicted molar refractivity (Wildman–Crippen MR) is 115 cm³/mol. The van der Waals surface area contributed by atoms with Crippen molar-refractivity contribution < 1.29 is 14.3 Å². The van der Waals surface area contributed by atoms with Crippen molar-refractivity contribution in [1.29, 1.82) is 0 Å². The van der Waals surface area contributed by atoms with Crippen molar-refractivity contribution in [2.45, 2.75) is 39.2 Å². The highest BCUT2D eigenvalue weighted by Crippen LogP contribution is 2.19. The van der Waals surface area contributed by atoms with E-state index in [2.05, 4.69) is 10.6 Å². The zero-order chi connectivity index (χ0) is 20.6. The summed E-state index contributed by atoms with van der Waals surface area (Å²) in [5.41, 5.74) is 3.98. The number of benzene rings is 2. The summed E-state index contributed by atoms with van der Waals surface area (Å²) in [6.07, 6.45) is 1.90. The minimum absolute atomic E-state index is 0.0269. The SMILES string of the molecule is CCOC(=O)N1CCC(Nc2ccc(NC(=O)Cc3ccc(C)cc3)cc2)CC1. The van der Waals surface area contributed by atoms with Gasteiger partial charge in [0.05, 0.1) is 13.0 Å². The molecule has 0 radical (unpaired) electrons. The van der Waals surface area contributed by atoms with Crippen molar-refractivity contribution >= 4 is 23.4 Å². The highest BCUT2D eigenvalue weighted by atomic mass is 16.6. The first kappa shape index (κ1) is 20.7. The lowest BCUT2D eigenvalue weighted by molar-refractivity contribution is -0.115. The summed E-state index contributed by atoms with van der Waals surface area (Å²) < 4.78 is 5.05. The standard InChI is InChI=1S/C23H29N3O3/c1-3-29-23(28)26-14-12-21(13-15-26)24-19-8-10-20(11-9-19)25-22(27)16-18-6-4-17(2)5-7-18/h4-11,21,24H,3,12-16H2,1-2H3,(H,25,27). The number of ether oxygens (including phenoxy) is 1. The van der Waals surface area contributed by atoms with Crippen molar-refractivity contribution in [3.8, 4) is 0 Å². The van der Waals surface area contributed by atoms with Gasteiger partial charge in [0.2, 0.25) is 5.91 Å². The summed E-state index contributed by atoms with van der Waals surface area (Å²) in [6.45, 7) is 5.65. The number of hydrogen-bond donors (Lipinski definition) is 2. The number of anilines is 2. The van der Waals surface area contributed by atoms with E-state index in [0.717, 1.165) is 29.8 Å². The molecule has 0 saturated carbocycles. The van der Waals surface area contributed by atoms with Gasteiger partial charge in [0, 0.05) is 30.5 Å². The molecule has 1 heterocycles. The molecular formula is C23H29N3O3. The van der Waals surface area contributed by atoms with E-state index >= 15 is 0 Å². The van der Waals surface area contributed by atoms with Gasteiger partial charge < -0.3 is 20.3 Å². The van der Waals surface area contributed by atoms with E-state index in [9.17, 15) is 9.59 Å². The number of likely N-dealkylation sites (tertiary alicyclic amines) is 1. The molecule has 154 valence electrons. The van der Waals surface area contributed by atoms with E-state index in [1.54, 1.807) is 4.90 Å². The molecule has 6 nitrogen and oxygen atoms in total. The number of aryl methyl sites for hydroxylation is 1. The highest BCUT2D eigenvalue weighted by Gasteiger charge is 2.23. The Morgan fingerprint density at radius 2 is 1.62 bits per heavy atom. The molecule has 1 saturated heterocycles. The highest BCUT2D eigenvalue weighted by molar-refractivity contribution is 5.92. The Morgan fingerprint density at radius 1 is 1.00 bits per heavy atom. The summed E-state index contributed by atoms with van der Waals surface area (Å²) >= 11 is 0. The number of nitrogens with zero attached hydrogens (tertiary/aromatic N) is 1. The van der Waals surface area contributed by atoms with Crippen molar-refractivity contribution in [2.24, 2.45) is 0 Å². The Labute approximate surface area is 172 Å². The summed E-state index contributed by atoms with van der Waals surface area (Å²) in [5.74, 6) is -0.0269. The molecule has 3 rings (SSSR count). The monoisotopic (exact) mass is 395 g/mol. The molecule has 2 aromatic carbocycles. The van der Waals surface area contributed by atoms with Gasteiger partial charge in [-0.05, 0) is 56.5 Å². The van der Waals surface area contributed by atoms with Crippen molar-refractivity contribution in [3.63, 3.8) is 0 Å². The Bertz CT molecular complexity index is 810. The Kier molecular flexibility index (Phi) is 7.11. The van der Waals surface area contributed by atoms with E-state index < -0.39 is 0 Å². The summed E-state index contributed by atoms with van der Waals surface area (Å²) in [7, 11) is 0. The third-order valence-electron chi connectivity index (χ3n) is 5.05. The molecule has 0 atom stereocenters. The molecule has 2 N–H and O–H groups in total. The van der Waals surface area contributed by atoms with E-state index in [1.165, 1.54) is 5.56 Å². The molecule has 2 aromatic rings. The van der Waals surface area contributed by atoms with Crippen LogP contribution in [0.3, 0.4) is 0 Å². The zero-order valence-corrected chi connectivity index (χ0v) is 17.1. The maximum atomic E-state index is 12.2. The third-order valence-corrected chi connectivity index (χ3v) is 5.05. The zero-order valence-electron chi connectivity index (χ0n) is 17.1. The molecular weight excluding hydrogens is 366 g/mol. The summed E-state index contributed by atoms with van der Waals surface area (Å²) in [5, 5.41) is 6.45. The van der Waals surface area contributed by atoms with Gasteiger partial charge in [0.1, 0.15) is 0 Å². The molecule has 0 aromatic heterocycles. The van der Waals surface area contributed by atoms with Crippen molar-refractivity contribution in [2.75, 3.05) is 30.3 Å². The molecule has 2 amide bonds. The number of carbonyl (C=O) groups excluding carboxylic acids is 2. The van der Waals surface area contributed by atoms with Gasteiger partial charge in [-0.1, -0.05) is 29.8 Å². The van der Waals surface area contributed by atoms with Gasteiger partial charge >= 0.3 is 6.09 Å². The number of hydrogen-bond acceptors (Lipinski definition) is 4. The quantitative estimate of drug-likeness (QED) is 0.769. The fraction of sp³-hybridized carbons (Fsp3) is 0.391. The van der Waals surface area contributed by atoms with Crippen molar-refractivity contribution in [1.82, 2.24) is 4.90 Å². The summed E-state index contributed by atoms with van der Waals surface area (Å²) in [4.78, 5) is 25.8. The van der Waals surface area contributed by atoms with E-state index in [-0.39, 0.29) is 12.0 Å². The van der Waals surface area contributed by atoms with Crippen LogP contribution in [0.1, 0.15) is 30.9 Å². The lowest BCUT2D eigenvalue weighted by Gasteiger charge is -2.32. The van der Waals surface area contributed by atoms with Gasteiger partial charge in [0.25, 0.3) is 0 Å².